The van der Waals surface area contributed by atoms with Crippen molar-refractivity contribution in [2.75, 3.05) is 20.0 Å². The van der Waals surface area contributed by atoms with Crippen LogP contribution in [0.15, 0.2) is 18.2 Å². The minimum atomic E-state index is -0.0535. The summed E-state index contributed by atoms with van der Waals surface area (Å²) in [5, 5.41) is 9.86. The van der Waals surface area contributed by atoms with Crippen molar-refractivity contribution in [2.45, 2.75) is 13.0 Å². The van der Waals surface area contributed by atoms with Crippen molar-refractivity contribution < 1.29 is 14.6 Å². The van der Waals surface area contributed by atoms with Gasteiger partial charge in [-0.3, -0.25) is 4.79 Å². The number of rotatable bonds is 5. The molecule has 0 bridgehead atoms. The molecule has 0 aliphatic heterocycles. The highest BCUT2D eigenvalue weighted by Crippen LogP contribution is 2.29. The monoisotopic (exact) mass is 257 g/mol. The largest absolute Gasteiger partial charge is 0.504 e. The standard InChI is InChI=1S/C12H16ClNO3/c1-14(11(15)6-7-13)8-9-4-3-5-10(17-2)12(9)16/h3-5,16H,6-8H2,1-2H3. The predicted octanol–water partition coefficient (Wildman–Crippen LogP) is 1.99. The molecule has 0 radical (unpaired) electrons. The van der Waals surface area contributed by atoms with E-state index in [2.05, 4.69) is 0 Å². The molecule has 17 heavy (non-hydrogen) atoms. The first-order valence-electron chi connectivity index (χ1n) is 5.25. The maximum absolute atomic E-state index is 11.5. The van der Waals surface area contributed by atoms with Crippen LogP contribution in [0.3, 0.4) is 0 Å². The van der Waals surface area contributed by atoms with Crippen molar-refractivity contribution in [3.63, 3.8) is 0 Å². The molecule has 94 valence electrons. The number of phenolic OH excluding ortho intramolecular Hbond substituents is 1. The van der Waals surface area contributed by atoms with Crippen LogP contribution in [0, 0.1) is 0 Å². The van der Waals surface area contributed by atoms with Crippen LogP contribution in [0.5, 0.6) is 11.5 Å². The molecule has 0 saturated carbocycles. The van der Waals surface area contributed by atoms with Gasteiger partial charge >= 0.3 is 0 Å². The lowest BCUT2D eigenvalue weighted by atomic mass is 10.1. The number of carbonyl (C=O) groups excluding carboxylic acids is 1. The maximum Gasteiger partial charge on any atom is 0.223 e. The molecule has 4 nitrogen and oxygen atoms in total. The Morgan fingerprint density at radius 3 is 2.82 bits per heavy atom. The van der Waals surface area contributed by atoms with Crippen molar-refractivity contribution in [3.8, 4) is 11.5 Å². The maximum atomic E-state index is 11.5. The van der Waals surface area contributed by atoms with E-state index in [0.717, 1.165) is 0 Å². The molecule has 1 amide bonds. The van der Waals surface area contributed by atoms with Crippen molar-refractivity contribution in [1.82, 2.24) is 4.90 Å². The zero-order valence-electron chi connectivity index (χ0n) is 9.94. The van der Waals surface area contributed by atoms with E-state index in [1.165, 1.54) is 12.0 Å². The Kier molecular flexibility index (Phi) is 5.10. The summed E-state index contributed by atoms with van der Waals surface area (Å²) in [5.74, 6) is 0.719. The Balaban J connectivity index is 2.78. The third-order valence-corrected chi connectivity index (χ3v) is 2.63. The number of aromatic hydroxyl groups is 1. The van der Waals surface area contributed by atoms with Crippen molar-refractivity contribution in [1.29, 1.82) is 0 Å². The predicted molar refractivity (Wildman–Crippen MR) is 66.5 cm³/mol. The Morgan fingerprint density at radius 2 is 2.24 bits per heavy atom. The summed E-state index contributed by atoms with van der Waals surface area (Å²) in [7, 11) is 3.16. The Morgan fingerprint density at radius 1 is 1.53 bits per heavy atom. The van der Waals surface area contributed by atoms with Crippen LogP contribution in [0.4, 0.5) is 0 Å². The van der Waals surface area contributed by atoms with E-state index in [0.29, 0.717) is 30.2 Å². The van der Waals surface area contributed by atoms with Crippen molar-refractivity contribution >= 4 is 17.5 Å². The SMILES string of the molecule is COc1cccc(CN(C)C(=O)CCCl)c1O. The molecule has 0 fully saturated rings. The summed E-state index contributed by atoms with van der Waals surface area (Å²) in [4.78, 5) is 13.1. The van der Waals surface area contributed by atoms with Crippen LogP contribution in [-0.4, -0.2) is 36.0 Å². The molecule has 0 unspecified atom stereocenters. The van der Waals surface area contributed by atoms with Gasteiger partial charge in [0.15, 0.2) is 11.5 Å². The van der Waals surface area contributed by atoms with E-state index in [9.17, 15) is 9.90 Å². The first kappa shape index (κ1) is 13.6. The lowest BCUT2D eigenvalue weighted by molar-refractivity contribution is -0.130. The summed E-state index contributed by atoms with van der Waals surface area (Å²) < 4.78 is 5.00. The molecule has 0 aliphatic carbocycles. The normalized spacial score (nSPS) is 10.1. The number of amides is 1. The van der Waals surface area contributed by atoms with Crippen LogP contribution in [-0.2, 0) is 11.3 Å². The van der Waals surface area contributed by atoms with Crippen LogP contribution in [0.25, 0.3) is 0 Å². The molecule has 0 saturated heterocycles. The quantitative estimate of drug-likeness (QED) is 0.821. The lowest BCUT2D eigenvalue weighted by Gasteiger charge is -2.18. The zero-order valence-corrected chi connectivity index (χ0v) is 10.7. The number of phenols is 1. The van der Waals surface area contributed by atoms with Gasteiger partial charge in [0.25, 0.3) is 0 Å². The van der Waals surface area contributed by atoms with Gasteiger partial charge in [-0.2, -0.15) is 0 Å². The number of methoxy groups -OCH3 is 1. The average Bonchev–Trinajstić information content (AvgIpc) is 2.32. The van der Waals surface area contributed by atoms with Gasteiger partial charge in [-0.15, -0.1) is 11.6 Å². The van der Waals surface area contributed by atoms with Crippen LogP contribution < -0.4 is 4.74 Å². The molecule has 1 aromatic carbocycles. The first-order valence-corrected chi connectivity index (χ1v) is 5.78. The fourth-order valence-electron chi connectivity index (χ4n) is 1.48. The summed E-state index contributed by atoms with van der Waals surface area (Å²) in [6.45, 7) is 0.332. The van der Waals surface area contributed by atoms with Gasteiger partial charge in [0, 0.05) is 31.5 Å². The number of para-hydroxylation sites is 1. The van der Waals surface area contributed by atoms with E-state index in [1.807, 2.05) is 0 Å². The Labute approximate surface area is 106 Å². The summed E-state index contributed by atoms with van der Waals surface area (Å²) >= 11 is 5.51. The first-order chi connectivity index (χ1) is 8.10. The third kappa shape index (κ3) is 3.53. The van der Waals surface area contributed by atoms with Gasteiger partial charge in [0.1, 0.15) is 0 Å². The fourth-order valence-corrected chi connectivity index (χ4v) is 1.64. The zero-order chi connectivity index (χ0) is 12.8. The molecule has 0 spiro atoms. The van der Waals surface area contributed by atoms with Crippen LogP contribution in [0.2, 0.25) is 0 Å². The van der Waals surface area contributed by atoms with Gasteiger partial charge in [-0.25, -0.2) is 0 Å². The number of hydrogen-bond acceptors (Lipinski definition) is 3. The second-order valence-corrected chi connectivity index (χ2v) is 4.03. The van der Waals surface area contributed by atoms with E-state index < -0.39 is 0 Å². The van der Waals surface area contributed by atoms with Crippen LogP contribution in [0.1, 0.15) is 12.0 Å². The molecule has 5 heteroatoms. The highest BCUT2D eigenvalue weighted by atomic mass is 35.5. The highest BCUT2D eigenvalue weighted by molar-refractivity contribution is 6.18. The third-order valence-electron chi connectivity index (χ3n) is 2.44. The molecule has 0 aromatic heterocycles. The number of hydrogen-bond donors (Lipinski definition) is 1. The summed E-state index contributed by atoms with van der Waals surface area (Å²) in [6.07, 6.45) is 0.294. The molecule has 1 N–H and O–H groups in total. The smallest absolute Gasteiger partial charge is 0.223 e. The van der Waals surface area contributed by atoms with Crippen LogP contribution >= 0.6 is 11.6 Å². The number of halogens is 1. The van der Waals surface area contributed by atoms with E-state index in [1.54, 1.807) is 25.2 Å². The number of alkyl halides is 1. The van der Waals surface area contributed by atoms with E-state index >= 15 is 0 Å². The molecule has 1 aromatic rings. The molecule has 0 aliphatic rings. The number of benzene rings is 1. The van der Waals surface area contributed by atoms with Gasteiger partial charge in [-0.05, 0) is 6.07 Å². The van der Waals surface area contributed by atoms with Gasteiger partial charge in [0.2, 0.25) is 5.91 Å². The molecule has 0 atom stereocenters. The lowest BCUT2D eigenvalue weighted by Crippen LogP contribution is -2.26. The van der Waals surface area contributed by atoms with Crippen molar-refractivity contribution in [3.05, 3.63) is 23.8 Å². The number of nitrogens with zero attached hydrogens (tertiary/aromatic N) is 1. The van der Waals surface area contributed by atoms with Gasteiger partial charge in [-0.1, -0.05) is 12.1 Å². The summed E-state index contributed by atoms with van der Waals surface area (Å²) in [5.41, 5.74) is 0.648. The van der Waals surface area contributed by atoms with Gasteiger partial charge in [0.05, 0.1) is 7.11 Å². The van der Waals surface area contributed by atoms with Crippen molar-refractivity contribution in [2.24, 2.45) is 0 Å². The molecular formula is C12H16ClNO3. The Hall–Kier alpha value is -1.42. The minimum Gasteiger partial charge on any atom is -0.504 e. The number of ether oxygens (including phenoxy) is 1. The Bertz CT molecular complexity index is 395. The highest BCUT2D eigenvalue weighted by Gasteiger charge is 2.12. The topological polar surface area (TPSA) is 49.8 Å². The van der Waals surface area contributed by atoms with E-state index in [-0.39, 0.29) is 11.7 Å². The van der Waals surface area contributed by atoms with E-state index in [4.69, 9.17) is 16.3 Å². The second kappa shape index (κ2) is 6.35. The molecule has 1 rings (SSSR count). The fraction of sp³-hybridized carbons (Fsp3) is 0.417. The average molecular weight is 258 g/mol. The molecule has 0 heterocycles. The number of carbonyl (C=O) groups is 1. The van der Waals surface area contributed by atoms with Gasteiger partial charge < -0.3 is 14.7 Å². The second-order valence-electron chi connectivity index (χ2n) is 3.66. The minimum absolute atomic E-state index is 0.0535. The summed E-state index contributed by atoms with van der Waals surface area (Å²) in [6, 6.07) is 5.19. The molecular weight excluding hydrogens is 242 g/mol.